The Kier molecular flexibility index (Phi) is 4.40. The molecule has 0 radical (unpaired) electrons. The molecule has 1 aliphatic carbocycles. The minimum atomic E-state index is -0.894. The van der Waals surface area contributed by atoms with Crippen LogP contribution in [0.4, 0.5) is 0 Å². The maximum Gasteiger partial charge on any atom is 0.175 e. The fourth-order valence-electron chi connectivity index (χ4n) is 4.48. The van der Waals surface area contributed by atoms with Crippen molar-refractivity contribution < 1.29 is 14.4 Å². The van der Waals surface area contributed by atoms with Crippen LogP contribution in [0.3, 0.4) is 0 Å². The maximum atomic E-state index is 13.3. The maximum absolute atomic E-state index is 13.3. The summed E-state index contributed by atoms with van der Waals surface area (Å²) in [4.78, 5) is 42.8. The van der Waals surface area contributed by atoms with E-state index in [0.717, 1.165) is 16.5 Å². The predicted molar refractivity (Wildman–Crippen MR) is 115 cm³/mol. The number of rotatable bonds is 5. The normalized spacial score (nSPS) is 14.8. The van der Waals surface area contributed by atoms with Crippen LogP contribution >= 0.6 is 0 Å². The largest absolute Gasteiger partial charge is 0.361 e. The molecule has 1 aliphatic rings. The van der Waals surface area contributed by atoms with E-state index in [9.17, 15) is 14.4 Å². The molecular weight excluding hydrogens is 374 g/mol. The zero-order valence-electron chi connectivity index (χ0n) is 16.2. The van der Waals surface area contributed by atoms with E-state index in [1.807, 2.05) is 48.7 Å². The fraction of sp³-hybridized carbons (Fsp3) is 0.115. The van der Waals surface area contributed by atoms with E-state index in [0.29, 0.717) is 16.7 Å². The van der Waals surface area contributed by atoms with Gasteiger partial charge in [0.05, 0.1) is 5.92 Å². The SMILES string of the molecule is O=C(C[C@@H](c1c[nH]c2ccccc12)C1C(=O)c2ccccc2C1=O)c1ccccc1. The standard InChI is InChI=1S/C26H19NO3/c28-23(16-8-2-1-3-9-16)14-20(21-15-27-22-13-7-6-10-17(21)22)24-25(29)18-11-4-5-12-19(18)26(24)30/h1-13,15,20,24,27H,14H2/t20-/m0/s1. The average molecular weight is 393 g/mol. The summed E-state index contributed by atoms with van der Waals surface area (Å²) in [6.45, 7) is 0. The third-order valence-corrected chi connectivity index (χ3v) is 5.95. The lowest BCUT2D eigenvalue weighted by Gasteiger charge is -2.21. The van der Waals surface area contributed by atoms with Crippen LogP contribution in [0.2, 0.25) is 0 Å². The van der Waals surface area contributed by atoms with Gasteiger partial charge in [0.2, 0.25) is 0 Å². The summed E-state index contributed by atoms with van der Waals surface area (Å²) in [6, 6.07) is 23.7. The molecule has 0 amide bonds. The van der Waals surface area contributed by atoms with Crippen LogP contribution in [-0.4, -0.2) is 22.3 Å². The monoisotopic (exact) mass is 393 g/mol. The Morgan fingerprint density at radius 1 is 0.800 bits per heavy atom. The Labute approximate surface area is 173 Å². The minimum absolute atomic E-state index is 0.0811. The van der Waals surface area contributed by atoms with E-state index in [4.69, 9.17) is 0 Å². The van der Waals surface area contributed by atoms with Crippen molar-refractivity contribution in [2.24, 2.45) is 5.92 Å². The molecule has 0 saturated heterocycles. The lowest BCUT2D eigenvalue weighted by atomic mass is 9.78. The molecule has 4 nitrogen and oxygen atoms in total. The van der Waals surface area contributed by atoms with Crippen LogP contribution in [0, 0.1) is 5.92 Å². The molecule has 1 atom stereocenters. The van der Waals surface area contributed by atoms with E-state index >= 15 is 0 Å². The molecule has 4 heteroatoms. The summed E-state index contributed by atoms with van der Waals surface area (Å²) >= 11 is 0. The summed E-state index contributed by atoms with van der Waals surface area (Å²) < 4.78 is 0. The van der Waals surface area contributed by atoms with Gasteiger partial charge in [-0.1, -0.05) is 72.8 Å². The van der Waals surface area contributed by atoms with Crippen molar-refractivity contribution in [3.8, 4) is 0 Å². The highest BCUT2D eigenvalue weighted by molar-refractivity contribution is 6.27. The first-order valence-corrected chi connectivity index (χ1v) is 9.97. The number of para-hydroxylation sites is 1. The second-order valence-corrected chi connectivity index (χ2v) is 7.64. The van der Waals surface area contributed by atoms with Crippen LogP contribution in [0.1, 0.15) is 49.0 Å². The molecule has 0 unspecified atom stereocenters. The number of aromatic amines is 1. The van der Waals surface area contributed by atoms with E-state index in [1.165, 1.54) is 0 Å². The first kappa shape index (κ1) is 18.3. The van der Waals surface area contributed by atoms with Crippen LogP contribution in [0.5, 0.6) is 0 Å². The van der Waals surface area contributed by atoms with Crippen molar-refractivity contribution >= 4 is 28.3 Å². The van der Waals surface area contributed by atoms with Crippen molar-refractivity contribution in [1.29, 1.82) is 0 Å². The summed E-state index contributed by atoms with van der Waals surface area (Å²) in [5, 5.41) is 0.930. The number of hydrogen-bond donors (Lipinski definition) is 1. The van der Waals surface area contributed by atoms with E-state index < -0.39 is 11.8 Å². The van der Waals surface area contributed by atoms with Crippen LogP contribution in [0.25, 0.3) is 10.9 Å². The summed E-state index contributed by atoms with van der Waals surface area (Å²) in [5.41, 5.74) is 3.22. The van der Waals surface area contributed by atoms with Crippen LogP contribution < -0.4 is 0 Å². The molecule has 0 saturated carbocycles. The highest BCUT2D eigenvalue weighted by atomic mass is 16.2. The van der Waals surface area contributed by atoms with Gasteiger partial charge in [0.1, 0.15) is 0 Å². The average Bonchev–Trinajstić information content (AvgIpc) is 3.32. The van der Waals surface area contributed by atoms with Crippen molar-refractivity contribution in [3.63, 3.8) is 0 Å². The van der Waals surface area contributed by atoms with Gasteiger partial charge < -0.3 is 4.98 Å². The number of carbonyl (C=O) groups is 3. The van der Waals surface area contributed by atoms with Gasteiger partial charge in [-0.25, -0.2) is 0 Å². The number of carbonyl (C=O) groups excluding carboxylic acids is 3. The number of Topliss-reactive ketones (excluding diaryl/α,β-unsaturated/α-hetero) is 3. The van der Waals surface area contributed by atoms with E-state index in [1.54, 1.807) is 36.4 Å². The molecule has 0 fully saturated rings. The molecule has 5 rings (SSSR count). The zero-order valence-corrected chi connectivity index (χ0v) is 16.2. The van der Waals surface area contributed by atoms with Crippen LogP contribution in [-0.2, 0) is 0 Å². The fourth-order valence-corrected chi connectivity index (χ4v) is 4.48. The second kappa shape index (κ2) is 7.23. The van der Waals surface area contributed by atoms with E-state index in [-0.39, 0.29) is 23.8 Å². The Bertz CT molecular complexity index is 1250. The molecule has 1 heterocycles. The van der Waals surface area contributed by atoms with Gasteiger partial charge in [-0.2, -0.15) is 0 Å². The summed E-state index contributed by atoms with van der Waals surface area (Å²) in [5.74, 6) is -1.92. The Hall–Kier alpha value is -3.79. The highest BCUT2D eigenvalue weighted by Crippen LogP contribution is 2.41. The summed E-state index contributed by atoms with van der Waals surface area (Å²) in [7, 11) is 0. The third-order valence-electron chi connectivity index (χ3n) is 5.95. The number of aromatic nitrogens is 1. The first-order valence-electron chi connectivity index (χ1n) is 9.97. The lowest BCUT2D eigenvalue weighted by Crippen LogP contribution is -2.26. The molecule has 0 aliphatic heterocycles. The number of nitrogens with one attached hydrogen (secondary N) is 1. The Morgan fingerprint density at radius 3 is 2.10 bits per heavy atom. The molecule has 1 aromatic heterocycles. The molecule has 4 aromatic rings. The number of hydrogen-bond acceptors (Lipinski definition) is 3. The minimum Gasteiger partial charge on any atom is -0.361 e. The van der Waals surface area contributed by atoms with Gasteiger partial charge in [0.15, 0.2) is 17.3 Å². The quantitative estimate of drug-likeness (QED) is 0.373. The van der Waals surface area contributed by atoms with Gasteiger partial charge >= 0.3 is 0 Å². The highest BCUT2D eigenvalue weighted by Gasteiger charge is 2.44. The molecule has 3 aromatic carbocycles. The Balaban J connectivity index is 1.61. The van der Waals surface area contributed by atoms with Gasteiger partial charge in [-0.15, -0.1) is 0 Å². The van der Waals surface area contributed by atoms with Gasteiger partial charge in [0, 0.05) is 46.1 Å². The first-order chi connectivity index (χ1) is 14.6. The molecule has 30 heavy (non-hydrogen) atoms. The number of fused-ring (bicyclic) bond motifs is 2. The van der Waals surface area contributed by atoms with Gasteiger partial charge in [0.25, 0.3) is 0 Å². The van der Waals surface area contributed by atoms with E-state index in [2.05, 4.69) is 4.98 Å². The molecular formula is C26H19NO3. The number of H-pyrrole nitrogens is 1. The molecule has 146 valence electrons. The lowest BCUT2D eigenvalue weighted by molar-refractivity contribution is 0.0803. The number of benzene rings is 3. The molecule has 0 spiro atoms. The smallest absolute Gasteiger partial charge is 0.175 e. The van der Waals surface area contributed by atoms with Crippen molar-refractivity contribution in [1.82, 2.24) is 4.98 Å². The van der Waals surface area contributed by atoms with Crippen molar-refractivity contribution in [2.45, 2.75) is 12.3 Å². The Morgan fingerprint density at radius 2 is 1.40 bits per heavy atom. The predicted octanol–water partition coefficient (Wildman–Crippen LogP) is 5.22. The summed E-state index contributed by atoms with van der Waals surface area (Å²) in [6.07, 6.45) is 1.92. The molecule has 1 N–H and O–H groups in total. The van der Waals surface area contributed by atoms with Crippen LogP contribution in [0.15, 0.2) is 85.1 Å². The topological polar surface area (TPSA) is 67.0 Å². The number of ketones is 3. The molecule has 0 bridgehead atoms. The van der Waals surface area contributed by atoms with Crippen molar-refractivity contribution in [2.75, 3.05) is 0 Å². The second-order valence-electron chi connectivity index (χ2n) is 7.64. The van der Waals surface area contributed by atoms with Crippen molar-refractivity contribution in [3.05, 3.63) is 107 Å². The van der Waals surface area contributed by atoms with Gasteiger partial charge in [-0.05, 0) is 11.6 Å². The zero-order chi connectivity index (χ0) is 20.7. The third kappa shape index (κ3) is 2.89. The van der Waals surface area contributed by atoms with Gasteiger partial charge in [-0.3, -0.25) is 14.4 Å².